The van der Waals surface area contributed by atoms with E-state index in [9.17, 15) is 0 Å². The average molecular weight is 756 g/mol. The molecule has 0 N–H and O–H groups in total. The molecule has 1 aromatic heterocycles. The molecule has 2 nitrogen and oxygen atoms in total. The Bertz CT molecular complexity index is 3170. The second kappa shape index (κ2) is 13.9. The molecule has 11 rings (SSSR count). The summed E-state index contributed by atoms with van der Waals surface area (Å²) in [5, 5.41) is 2.20. The average Bonchev–Trinajstić information content (AvgIpc) is 3.78. The third-order valence-electron chi connectivity index (χ3n) is 12.3. The Balaban J connectivity index is 1.13. The van der Waals surface area contributed by atoms with Crippen LogP contribution in [0.25, 0.3) is 77.6 Å². The first-order chi connectivity index (χ1) is 29.0. The van der Waals surface area contributed by atoms with Gasteiger partial charge in [0.15, 0.2) is 0 Å². The zero-order valence-electron chi connectivity index (χ0n) is 33.1. The summed E-state index contributed by atoms with van der Waals surface area (Å²) in [7, 11) is 0. The highest BCUT2D eigenvalue weighted by atomic mass is 16.3. The monoisotopic (exact) mass is 755 g/mol. The fourth-order valence-corrected chi connectivity index (χ4v) is 9.41. The molecule has 0 bridgehead atoms. The smallest absolute Gasteiger partial charge is 0.135 e. The minimum Gasteiger partial charge on any atom is -0.456 e. The van der Waals surface area contributed by atoms with Crippen LogP contribution in [0, 0.1) is 0 Å². The predicted molar refractivity (Wildman–Crippen MR) is 248 cm³/mol. The molecular weight excluding hydrogens is 715 g/mol. The first-order valence-electron chi connectivity index (χ1n) is 20.4. The molecule has 280 valence electrons. The van der Waals surface area contributed by atoms with Crippen LogP contribution in [-0.2, 0) is 5.41 Å². The van der Waals surface area contributed by atoms with Crippen molar-refractivity contribution in [2.75, 3.05) is 4.90 Å². The van der Waals surface area contributed by atoms with Crippen molar-refractivity contribution in [1.82, 2.24) is 0 Å². The summed E-state index contributed by atoms with van der Waals surface area (Å²) in [6.45, 7) is 4.69. The highest BCUT2D eigenvalue weighted by Gasteiger charge is 2.35. The highest BCUT2D eigenvalue weighted by molar-refractivity contribution is 6.07. The summed E-state index contributed by atoms with van der Waals surface area (Å²) >= 11 is 0. The maximum absolute atomic E-state index is 6.35. The molecule has 0 radical (unpaired) electrons. The SMILES string of the molecule is CC1(C)c2ccccc2-c2ccc(-c3ccc(N(c4ccc5oc6ccccc6c5c4)c4cccc(-c5ccccc5)c4-c4ccccc4-c4ccccc4)cc3)cc21. The molecule has 0 unspecified atom stereocenters. The van der Waals surface area contributed by atoms with Crippen LogP contribution >= 0.6 is 0 Å². The number of nitrogens with zero attached hydrogens (tertiary/aromatic N) is 1. The summed E-state index contributed by atoms with van der Waals surface area (Å²) in [5.41, 5.74) is 19.8. The van der Waals surface area contributed by atoms with Crippen LogP contribution < -0.4 is 4.90 Å². The van der Waals surface area contributed by atoms with Gasteiger partial charge in [-0.3, -0.25) is 0 Å². The van der Waals surface area contributed by atoms with Gasteiger partial charge in [0.1, 0.15) is 11.2 Å². The number of para-hydroxylation sites is 1. The van der Waals surface area contributed by atoms with Gasteiger partial charge in [-0.15, -0.1) is 0 Å². The van der Waals surface area contributed by atoms with Crippen LogP contribution in [0.2, 0.25) is 0 Å². The molecule has 0 atom stereocenters. The lowest BCUT2D eigenvalue weighted by atomic mass is 9.81. The van der Waals surface area contributed by atoms with Crippen molar-refractivity contribution >= 4 is 39.0 Å². The van der Waals surface area contributed by atoms with Gasteiger partial charge in [-0.05, 0) is 110 Å². The Morgan fingerprint density at radius 1 is 0.356 bits per heavy atom. The summed E-state index contributed by atoms with van der Waals surface area (Å²) in [5.74, 6) is 0. The van der Waals surface area contributed by atoms with Crippen LogP contribution in [0.15, 0.2) is 217 Å². The van der Waals surface area contributed by atoms with E-state index in [1.165, 1.54) is 66.8 Å². The van der Waals surface area contributed by atoms with Gasteiger partial charge in [0.25, 0.3) is 0 Å². The van der Waals surface area contributed by atoms with Gasteiger partial charge in [-0.25, -0.2) is 0 Å². The van der Waals surface area contributed by atoms with E-state index < -0.39 is 0 Å². The maximum atomic E-state index is 6.35. The number of hydrogen-bond acceptors (Lipinski definition) is 2. The zero-order chi connectivity index (χ0) is 39.5. The normalized spacial score (nSPS) is 12.7. The van der Waals surface area contributed by atoms with Crippen molar-refractivity contribution in [2.24, 2.45) is 0 Å². The van der Waals surface area contributed by atoms with Gasteiger partial charge in [-0.1, -0.05) is 178 Å². The summed E-state index contributed by atoms with van der Waals surface area (Å²) in [6, 6.07) is 76.9. The molecule has 0 aliphatic heterocycles. The molecule has 1 heterocycles. The molecule has 0 fully saturated rings. The van der Waals surface area contributed by atoms with Crippen molar-refractivity contribution in [3.8, 4) is 55.6 Å². The van der Waals surface area contributed by atoms with E-state index in [0.717, 1.165) is 39.0 Å². The van der Waals surface area contributed by atoms with Crippen LogP contribution in [-0.4, -0.2) is 0 Å². The topological polar surface area (TPSA) is 16.4 Å². The van der Waals surface area contributed by atoms with E-state index in [2.05, 4.69) is 219 Å². The Morgan fingerprint density at radius 2 is 0.932 bits per heavy atom. The van der Waals surface area contributed by atoms with Gasteiger partial charge >= 0.3 is 0 Å². The quantitative estimate of drug-likeness (QED) is 0.161. The number of rotatable bonds is 7. The van der Waals surface area contributed by atoms with Gasteiger partial charge in [0.05, 0.1) is 5.69 Å². The fourth-order valence-electron chi connectivity index (χ4n) is 9.41. The Hall–Kier alpha value is -7.42. The van der Waals surface area contributed by atoms with Crippen LogP contribution in [0.1, 0.15) is 25.0 Å². The third-order valence-corrected chi connectivity index (χ3v) is 12.3. The molecule has 10 aromatic rings. The van der Waals surface area contributed by atoms with E-state index >= 15 is 0 Å². The van der Waals surface area contributed by atoms with Crippen LogP contribution in [0.4, 0.5) is 17.1 Å². The minimum atomic E-state index is -0.0647. The molecular formula is C57H41NO. The highest BCUT2D eigenvalue weighted by Crippen LogP contribution is 2.51. The van der Waals surface area contributed by atoms with Crippen LogP contribution in [0.5, 0.6) is 0 Å². The molecule has 2 heteroatoms. The van der Waals surface area contributed by atoms with Crippen molar-refractivity contribution in [2.45, 2.75) is 19.3 Å². The second-order valence-electron chi connectivity index (χ2n) is 16.1. The Kier molecular flexibility index (Phi) is 8.20. The van der Waals surface area contributed by atoms with Crippen LogP contribution in [0.3, 0.4) is 0 Å². The van der Waals surface area contributed by atoms with Gasteiger partial charge in [-0.2, -0.15) is 0 Å². The van der Waals surface area contributed by atoms with E-state index in [4.69, 9.17) is 4.42 Å². The van der Waals surface area contributed by atoms with Crippen molar-refractivity contribution in [1.29, 1.82) is 0 Å². The second-order valence-corrected chi connectivity index (χ2v) is 16.1. The van der Waals surface area contributed by atoms with Gasteiger partial charge in [0.2, 0.25) is 0 Å². The Morgan fingerprint density at radius 3 is 1.71 bits per heavy atom. The lowest BCUT2D eigenvalue weighted by Crippen LogP contribution is -2.14. The minimum absolute atomic E-state index is 0.0647. The molecule has 9 aromatic carbocycles. The van der Waals surface area contributed by atoms with Crippen molar-refractivity contribution in [3.63, 3.8) is 0 Å². The van der Waals surface area contributed by atoms with E-state index in [1.807, 2.05) is 12.1 Å². The number of anilines is 3. The molecule has 59 heavy (non-hydrogen) atoms. The summed E-state index contributed by atoms with van der Waals surface area (Å²) < 4.78 is 6.35. The van der Waals surface area contributed by atoms with E-state index in [-0.39, 0.29) is 5.41 Å². The lowest BCUT2D eigenvalue weighted by Gasteiger charge is -2.30. The number of hydrogen-bond donors (Lipinski definition) is 0. The molecule has 0 saturated heterocycles. The molecule has 1 aliphatic carbocycles. The molecule has 0 spiro atoms. The van der Waals surface area contributed by atoms with Gasteiger partial charge in [0, 0.05) is 33.1 Å². The van der Waals surface area contributed by atoms with Crippen molar-refractivity contribution < 1.29 is 4.42 Å². The van der Waals surface area contributed by atoms with Crippen molar-refractivity contribution in [3.05, 3.63) is 223 Å². The largest absolute Gasteiger partial charge is 0.456 e. The number of furan rings is 1. The predicted octanol–water partition coefficient (Wildman–Crippen LogP) is 16.0. The number of benzene rings is 9. The summed E-state index contributed by atoms with van der Waals surface area (Å²) in [4.78, 5) is 2.43. The first-order valence-corrected chi connectivity index (χ1v) is 20.4. The zero-order valence-corrected chi connectivity index (χ0v) is 33.1. The fraction of sp³-hybridized carbons (Fsp3) is 0.0526. The maximum Gasteiger partial charge on any atom is 0.135 e. The third kappa shape index (κ3) is 5.79. The van der Waals surface area contributed by atoms with E-state index in [0.29, 0.717) is 0 Å². The number of fused-ring (bicyclic) bond motifs is 6. The molecule has 0 amide bonds. The standard InChI is InChI=1S/C57H41NO/c1-57(2)51-25-13-11-21-46(51)47-34-30-41(36-52(47)57)38-28-31-42(32-29-38)58(43-33-35-55-50(37-43)48-22-12-14-27-54(48)59-55)53-26-15-24-45(40-18-7-4-8-19-40)56(53)49-23-10-9-20-44(49)39-16-5-3-6-17-39/h3-37H,1-2H3. The first kappa shape index (κ1) is 34.8. The van der Waals surface area contributed by atoms with E-state index in [1.54, 1.807) is 0 Å². The van der Waals surface area contributed by atoms with Gasteiger partial charge < -0.3 is 9.32 Å². The molecule has 1 aliphatic rings. The lowest BCUT2D eigenvalue weighted by molar-refractivity contribution is 0.660. The molecule has 0 saturated carbocycles. The Labute approximate surface area is 345 Å². The summed E-state index contributed by atoms with van der Waals surface area (Å²) in [6.07, 6.45) is 0.